The Hall–Kier alpha value is -1.03. The van der Waals surface area contributed by atoms with Crippen molar-refractivity contribution in [1.82, 2.24) is 0 Å². The van der Waals surface area contributed by atoms with Crippen LogP contribution in [0.15, 0.2) is 47.4 Å². The van der Waals surface area contributed by atoms with Gasteiger partial charge in [0.25, 0.3) is 0 Å². The minimum Gasteiger partial charge on any atom is -0.324 e. The van der Waals surface area contributed by atoms with Gasteiger partial charge in [0.05, 0.1) is 0 Å². The molecule has 100 valence electrons. The highest BCUT2D eigenvalue weighted by Gasteiger charge is 2.13. The van der Waals surface area contributed by atoms with Crippen LogP contribution in [0.4, 0.5) is 4.39 Å². The fourth-order valence-corrected chi connectivity index (χ4v) is 3.31. The zero-order valence-corrected chi connectivity index (χ0v) is 12.1. The maximum absolute atomic E-state index is 13.8. The molecule has 0 fully saturated rings. The van der Waals surface area contributed by atoms with Crippen LogP contribution in [0, 0.1) is 5.82 Å². The standard InChI is InChI=1S/C15H15ClFNS/c1-10(18)15-13(17)7-4-8-14(15)19-9-11-5-2-3-6-12(11)16/h2-8,10H,9,18H2,1H3/t10-/m1/s1. The summed E-state index contributed by atoms with van der Waals surface area (Å²) in [7, 11) is 0. The maximum atomic E-state index is 13.8. The molecule has 1 nitrogen and oxygen atoms in total. The summed E-state index contributed by atoms with van der Waals surface area (Å²) in [6.45, 7) is 1.79. The van der Waals surface area contributed by atoms with Gasteiger partial charge in [-0.1, -0.05) is 35.9 Å². The van der Waals surface area contributed by atoms with Crippen molar-refractivity contribution in [3.05, 3.63) is 64.4 Å². The fraction of sp³-hybridized carbons (Fsp3) is 0.200. The van der Waals surface area contributed by atoms with Crippen LogP contribution in [0.25, 0.3) is 0 Å². The largest absolute Gasteiger partial charge is 0.324 e. The second-order valence-electron chi connectivity index (χ2n) is 4.32. The first-order valence-corrected chi connectivity index (χ1v) is 7.36. The predicted molar refractivity (Wildman–Crippen MR) is 80.0 cm³/mol. The monoisotopic (exact) mass is 295 g/mol. The van der Waals surface area contributed by atoms with E-state index >= 15 is 0 Å². The van der Waals surface area contributed by atoms with E-state index in [0.29, 0.717) is 11.3 Å². The molecular weight excluding hydrogens is 281 g/mol. The lowest BCUT2D eigenvalue weighted by Crippen LogP contribution is -2.09. The summed E-state index contributed by atoms with van der Waals surface area (Å²) in [5.74, 6) is 0.446. The minimum absolute atomic E-state index is 0.251. The molecule has 2 aromatic rings. The van der Waals surface area contributed by atoms with Gasteiger partial charge < -0.3 is 5.73 Å². The lowest BCUT2D eigenvalue weighted by molar-refractivity contribution is 0.585. The van der Waals surface area contributed by atoms with Gasteiger partial charge in [0, 0.05) is 27.3 Å². The second-order valence-corrected chi connectivity index (χ2v) is 5.74. The van der Waals surface area contributed by atoms with Crippen molar-refractivity contribution in [2.75, 3.05) is 0 Å². The molecule has 2 N–H and O–H groups in total. The Labute approximate surface area is 122 Å². The summed E-state index contributed by atoms with van der Waals surface area (Å²) in [6.07, 6.45) is 0. The molecule has 0 aromatic heterocycles. The molecule has 0 amide bonds. The zero-order valence-electron chi connectivity index (χ0n) is 10.6. The predicted octanol–water partition coefficient (Wildman–Crippen LogP) is 4.79. The van der Waals surface area contributed by atoms with Crippen molar-refractivity contribution < 1.29 is 4.39 Å². The van der Waals surface area contributed by atoms with E-state index in [2.05, 4.69) is 0 Å². The first-order valence-electron chi connectivity index (χ1n) is 6.00. The highest BCUT2D eigenvalue weighted by molar-refractivity contribution is 7.98. The lowest BCUT2D eigenvalue weighted by Gasteiger charge is -2.13. The molecule has 0 aliphatic rings. The van der Waals surface area contributed by atoms with Gasteiger partial charge in [-0.05, 0) is 30.7 Å². The molecule has 0 bridgehead atoms. The van der Waals surface area contributed by atoms with Gasteiger partial charge in [-0.25, -0.2) is 4.39 Å². The van der Waals surface area contributed by atoms with Crippen LogP contribution in [0.2, 0.25) is 5.02 Å². The minimum atomic E-state index is -0.324. The highest BCUT2D eigenvalue weighted by Crippen LogP contribution is 2.32. The van der Waals surface area contributed by atoms with Crippen molar-refractivity contribution >= 4 is 23.4 Å². The van der Waals surface area contributed by atoms with Crippen LogP contribution in [-0.2, 0) is 5.75 Å². The van der Waals surface area contributed by atoms with E-state index in [-0.39, 0.29) is 11.9 Å². The lowest BCUT2D eigenvalue weighted by atomic mass is 10.1. The van der Waals surface area contributed by atoms with Crippen molar-refractivity contribution in [3.63, 3.8) is 0 Å². The van der Waals surface area contributed by atoms with Crippen LogP contribution in [-0.4, -0.2) is 0 Å². The van der Waals surface area contributed by atoms with Crippen molar-refractivity contribution in [2.24, 2.45) is 5.73 Å². The number of benzene rings is 2. The Kier molecular flexibility index (Phi) is 4.86. The van der Waals surface area contributed by atoms with Crippen molar-refractivity contribution in [1.29, 1.82) is 0 Å². The average molecular weight is 296 g/mol. The fourth-order valence-electron chi connectivity index (χ4n) is 1.86. The molecule has 0 aliphatic heterocycles. The van der Waals surface area contributed by atoms with E-state index in [1.165, 1.54) is 6.07 Å². The van der Waals surface area contributed by atoms with Gasteiger partial charge in [0.15, 0.2) is 0 Å². The Morgan fingerprint density at radius 1 is 1.21 bits per heavy atom. The van der Waals surface area contributed by atoms with E-state index in [4.69, 9.17) is 17.3 Å². The Bertz CT molecular complexity index is 572. The van der Waals surface area contributed by atoms with E-state index < -0.39 is 0 Å². The molecule has 1 atom stereocenters. The van der Waals surface area contributed by atoms with Gasteiger partial charge in [0.2, 0.25) is 0 Å². The maximum Gasteiger partial charge on any atom is 0.129 e. The van der Waals surface area contributed by atoms with Crippen LogP contribution < -0.4 is 5.73 Å². The molecule has 0 saturated heterocycles. The first kappa shape index (κ1) is 14.4. The molecule has 2 aromatic carbocycles. The molecule has 0 aliphatic carbocycles. The molecule has 0 unspecified atom stereocenters. The van der Waals surface area contributed by atoms with Gasteiger partial charge >= 0.3 is 0 Å². The van der Waals surface area contributed by atoms with Gasteiger partial charge in [-0.2, -0.15) is 0 Å². The quantitative estimate of drug-likeness (QED) is 0.821. The number of halogens is 2. The number of hydrogen-bond donors (Lipinski definition) is 1. The summed E-state index contributed by atoms with van der Waals surface area (Å²) in [5.41, 5.74) is 7.44. The Morgan fingerprint density at radius 2 is 1.95 bits per heavy atom. The van der Waals surface area contributed by atoms with Gasteiger partial charge in [0.1, 0.15) is 5.82 Å². The first-order chi connectivity index (χ1) is 9.09. The van der Waals surface area contributed by atoms with E-state index in [9.17, 15) is 4.39 Å². The number of thioether (sulfide) groups is 1. The smallest absolute Gasteiger partial charge is 0.129 e. The van der Waals surface area contributed by atoms with E-state index in [1.54, 1.807) is 24.8 Å². The molecule has 2 rings (SSSR count). The van der Waals surface area contributed by atoms with Gasteiger partial charge in [-0.3, -0.25) is 0 Å². The van der Waals surface area contributed by atoms with E-state index in [1.807, 2.05) is 30.3 Å². The SMILES string of the molecule is C[C@@H](N)c1c(F)cccc1SCc1ccccc1Cl. The average Bonchev–Trinajstić information content (AvgIpc) is 2.37. The molecule has 4 heteroatoms. The summed E-state index contributed by atoms with van der Waals surface area (Å²) in [4.78, 5) is 0.870. The number of hydrogen-bond acceptors (Lipinski definition) is 2. The van der Waals surface area contributed by atoms with Crippen LogP contribution in [0.5, 0.6) is 0 Å². The third-order valence-corrected chi connectivity index (χ3v) is 4.30. The number of nitrogens with two attached hydrogens (primary N) is 1. The Balaban J connectivity index is 2.21. The van der Waals surface area contributed by atoms with Crippen LogP contribution >= 0.6 is 23.4 Å². The highest BCUT2D eigenvalue weighted by atomic mass is 35.5. The molecule has 0 heterocycles. The summed E-state index contributed by atoms with van der Waals surface area (Å²) < 4.78 is 13.8. The second kappa shape index (κ2) is 6.42. The number of rotatable bonds is 4. The molecule has 0 saturated carbocycles. The molecular formula is C15H15ClFNS. The molecule has 0 spiro atoms. The zero-order chi connectivity index (χ0) is 13.8. The van der Waals surface area contributed by atoms with Crippen LogP contribution in [0.1, 0.15) is 24.1 Å². The Morgan fingerprint density at radius 3 is 2.63 bits per heavy atom. The van der Waals surface area contributed by atoms with Crippen molar-refractivity contribution in [2.45, 2.75) is 23.6 Å². The topological polar surface area (TPSA) is 26.0 Å². The van der Waals surface area contributed by atoms with Gasteiger partial charge in [-0.15, -0.1) is 11.8 Å². The normalized spacial score (nSPS) is 12.4. The summed E-state index contributed by atoms with van der Waals surface area (Å²) in [6, 6.07) is 12.4. The summed E-state index contributed by atoms with van der Waals surface area (Å²) >= 11 is 7.66. The molecule has 19 heavy (non-hydrogen) atoms. The third kappa shape index (κ3) is 3.50. The van der Waals surface area contributed by atoms with Crippen LogP contribution in [0.3, 0.4) is 0 Å². The van der Waals surface area contributed by atoms with E-state index in [0.717, 1.165) is 15.5 Å². The summed E-state index contributed by atoms with van der Waals surface area (Å²) in [5, 5.41) is 0.730. The molecule has 0 radical (unpaired) electrons. The van der Waals surface area contributed by atoms with Crippen molar-refractivity contribution in [3.8, 4) is 0 Å². The third-order valence-electron chi connectivity index (χ3n) is 2.81.